The number of fused-ring (bicyclic) bond motifs is 1. The lowest BCUT2D eigenvalue weighted by molar-refractivity contribution is 0.623. The number of aromatic nitrogens is 2. The van der Waals surface area contributed by atoms with Crippen LogP contribution >= 0.6 is 11.8 Å². The molecule has 1 aliphatic rings. The Labute approximate surface area is 99.1 Å². The summed E-state index contributed by atoms with van der Waals surface area (Å²) in [4.78, 5) is 4.68. The summed E-state index contributed by atoms with van der Waals surface area (Å²) >= 11 is 2.05. The van der Waals surface area contributed by atoms with Crippen molar-refractivity contribution in [2.24, 2.45) is 0 Å². The average molecular weight is 233 g/mol. The van der Waals surface area contributed by atoms with Crippen LogP contribution in [0.4, 0.5) is 5.69 Å². The Balaban J connectivity index is 1.97. The number of hydrogen-bond acceptors (Lipinski definition) is 3. The summed E-state index contributed by atoms with van der Waals surface area (Å²) < 4.78 is 2.03. The fourth-order valence-electron chi connectivity index (χ4n) is 2.22. The molecule has 2 N–H and O–H groups in total. The molecule has 84 valence electrons. The maximum absolute atomic E-state index is 5.76. The molecule has 0 spiro atoms. The molecule has 1 fully saturated rings. The van der Waals surface area contributed by atoms with Gasteiger partial charge in [0.05, 0.1) is 5.69 Å². The van der Waals surface area contributed by atoms with E-state index in [0.717, 1.165) is 11.3 Å². The summed E-state index contributed by atoms with van der Waals surface area (Å²) in [6.45, 7) is 0. The predicted octanol–water partition coefficient (Wildman–Crippen LogP) is 2.53. The molecule has 2 aromatic rings. The van der Waals surface area contributed by atoms with E-state index >= 15 is 0 Å². The Kier molecular flexibility index (Phi) is 2.52. The Morgan fingerprint density at radius 3 is 2.88 bits per heavy atom. The van der Waals surface area contributed by atoms with Crippen LogP contribution in [0.1, 0.15) is 24.5 Å². The highest BCUT2D eigenvalue weighted by atomic mass is 32.2. The largest absolute Gasteiger partial charge is 0.398 e. The first-order valence-corrected chi connectivity index (χ1v) is 6.80. The predicted molar refractivity (Wildman–Crippen MR) is 68.9 cm³/mol. The second kappa shape index (κ2) is 4.01. The first-order chi connectivity index (χ1) is 7.83. The van der Waals surface area contributed by atoms with Crippen molar-refractivity contribution in [2.75, 3.05) is 17.2 Å². The van der Waals surface area contributed by atoms with Gasteiger partial charge in [0.15, 0.2) is 0 Å². The molecule has 0 bridgehead atoms. The third-order valence-electron chi connectivity index (χ3n) is 3.13. The number of rotatable bonds is 1. The maximum atomic E-state index is 5.76. The van der Waals surface area contributed by atoms with Crippen LogP contribution in [-0.2, 0) is 0 Å². The van der Waals surface area contributed by atoms with Crippen LogP contribution in [-0.4, -0.2) is 20.9 Å². The lowest BCUT2D eigenvalue weighted by Gasteiger charge is -2.18. The van der Waals surface area contributed by atoms with E-state index in [1.54, 1.807) is 0 Å². The van der Waals surface area contributed by atoms with Gasteiger partial charge in [-0.15, -0.1) is 0 Å². The number of nitrogen functional groups attached to an aromatic ring is 1. The molecule has 0 unspecified atom stereocenters. The minimum absolute atomic E-state index is 0.641. The van der Waals surface area contributed by atoms with E-state index in [1.807, 2.05) is 34.5 Å². The van der Waals surface area contributed by atoms with Crippen molar-refractivity contribution in [3.8, 4) is 0 Å². The summed E-state index contributed by atoms with van der Waals surface area (Å²) in [5.41, 5.74) is 8.78. The van der Waals surface area contributed by atoms with Crippen LogP contribution < -0.4 is 5.73 Å². The fourth-order valence-corrected chi connectivity index (χ4v) is 3.33. The molecular weight excluding hydrogens is 218 g/mol. The summed E-state index contributed by atoms with van der Waals surface area (Å²) in [5, 5.41) is 0. The quantitative estimate of drug-likeness (QED) is 0.823. The average Bonchev–Trinajstić information content (AvgIpc) is 2.73. The van der Waals surface area contributed by atoms with Gasteiger partial charge in [-0.2, -0.15) is 11.8 Å². The molecule has 0 aliphatic carbocycles. The number of anilines is 1. The van der Waals surface area contributed by atoms with Crippen molar-refractivity contribution in [3.05, 3.63) is 30.2 Å². The zero-order valence-electron chi connectivity index (χ0n) is 9.10. The Morgan fingerprint density at radius 1 is 1.25 bits per heavy atom. The van der Waals surface area contributed by atoms with Crippen LogP contribution in [0.5, 0.6) is 0 Å². The molecule has 3 nitrogen and oxygen atoms in total. The summed E-state index contributed by atoms with van der Waals surface area (Å²) in [6.07, 6.45) is 6.57. The highest BCUT2D eigenvalue weighted by Crippen LogP contribution is 2.31. The molecule has 2 aromatic heterocycles. The number of hydrogen-bond donors (Lipinski definition) is 1. The second-order valence-electron chi connectivity index (χ2n) is 4.28. The van der Waals surface area contributed by atoms with Crippen LogP contribution in [0.15, 0.2) is 24.5 Å². The molecule has 0 amide bonds. The smallest absolute Gasteiger partial charge is 0.137 e. The van der Waals surface area contributed by atoms with E-state index in [1.165, 1.54) is 30.0 Å². The van der Waals surface area contributed by atoms with Gasteiger partial charge < -0.3 is 10.1 Å². The number of nitrogens with two attached hydrogens (primary N) is 1. The first kappa shape index (κ1) is 10.0. The molecule has 0 aromatic carbocycles. The molecule has 0 radical (unpaired) electrons. The van der Waals surface area contributed by atoms with Crippen molar-refractivity contribution < 1.29 is 0 Å². The number of nitrogens with zero attached hydrogens (tertiary/aromatic N) is 2. The SMILES string of the molecule is Nc1ccc2nc(C3CCSCC3)cn2c1. The monoisotopic (exact) mass is 233 g/mol. The lowest BCUT2D eigenvalue weighted by atomic mass is 10.00. The van der Waals surface area contributed by atoms with Crippen molar-refractivity contribution in [2.45, 2.75) is 18.8 Å². The van der Waals surface area contributed by atoms with Crippen LogP contribution in [0.25, 0.3) is 5.65 Å². The molecule has 3 rings (SSSR count). The topological polar surface area (TPSA) is 43.3 Å². The van der Waals surface area contributed by atoms with Gasteiger partial charge in [-0.25, -0.2) is 4.98 Å². The summed E-state index contributed by atoms with van der Waals surface area (Å²) in [6, 6.07) is 3.89. The van der Waals surface area contributed by atoms with Crippen LogP contribution in [0, 0.1) is 0 Å². The van der Waals surface area contributed by atoms with E-state index < -0.39 is 0 Å². The van der Waals surface area contributed by atoms with E-state index in [-0.39, 0.29) is 0 Å². The van der Waals surface area contributed by atoms with Gasteiger partial charge in [0.1, 0.15) is 5.65 Å². The maximum Gasteiger partial charge on any atom is 0.137 e. The normalized spacial score (nSPS) is 18.0. The first-order valence-electron chi connectivity index (χ1n) is 5.65. The molecule has 1 saturated heterocycles. The second-order valence-corrected chi connectivity index (χ2v) is 5.51. The molecule has 0 saturated carbocycles. The van der Waals surface area contributed by atoms with E-state index in [9.17, 15) is 0 Å². The Morgan fingerprint density at radius 2 is 2.06 bits per heavy atom. The standard InChI is InChI=1S/C12H15N3S/c13-10-1-2-12-14-11(8-15(12)7-10)9-3-5-16-6-4-9/h1-2,7-9H,3-6,13H2. The minimum atomic E-state index is 0.641. The fraction of sp³-hybridized carbons (Fsp3) is 0.417. The third kappa shape index (κ3) is 1.78. The number of pyridine rings is 1. The molecule has 3 heterocycles. The number of imidazole rings is 1. The molecular formula is C12H15N3S. The molecule has 4 heteroatoms. The highest BCUT2D eigenvalue weighted by Gasteiger charge is 2.18. The van der Waals surface area contributed by atoms with Crippen molar-refractivity contribution >= 4 is 23.1 Å². The summed E-state index contributed by atoms with van der Waals surface area (Å²) in [5.74, 6) is 3.17. The minimum Gasteiger partial charge on any atom is -0.398 e. The van der Waals surface area contributed by atoms with E-state index in [0.29, 0.717) is 5.92 Å². The highest BCUT2D eigenvalue weighted by molar-refractivity contribution is 7.99. The number of thioether (sulfide) groups is 1. The van der Waals surface area contributed by atoms with Crippen LogP contribution in [0.3, 0.4) is 0 Å². The van der Waals surface area contributed by atoms with E-state index in [4.69, 9.17) is 5.73 Å². The molecule has 16 heavy (non-hydrogen) atoms. The molecule has 0 atom stereocenters. The van der Waals surface area contributed by atoms with Gasteiger partial charge in [0, 0.05) is 24.0 Å². The molecule has 1 aliphatic heterocycles. The zero-order valence-corrected chi connectivity index (χ0v) is 9.91. The third-order valence-corrected chi connectivity index (χ3v) is 4.18. The van der Waals surface area contributed by atoms with Gasteiger partial charge in [0.2, 0.25) is 0 Å². The zero-order chi connectivity index (χ0) is 11.0. The Hall–Kier alpha value is -1.16. The van der Waals surface area contributed by atoms with Gasteiger partial charge in [-0.3, -0.25) is 0 Å². The van der Waals surface area contributed by atoms with Crippen LogP contribution in [0.2, 0.25) is 0 Å². The Bertz CT molecular complexity index is 500. The summed E-state index contributed by atoms with van der Waals surface area (Å²) in [7, 11) is 0. The van der Waals surface area contributed by atoms with Crippen molar-refractivity contribution in [3.63, 3.8) is 0 Å². The van der Waals surface area contributed by atoms with Gasteiger partial charge in [0.25, 0.3) is 0 Å². The lowest BCUT2D eigenvalue weighted by Crippen LogP contribution is -2.07. The van der Waals surface area contributed by atoms with Gasteiger partial charge in [-0.1, -0.05) is 0 Å². The van der Waals surface area contributed by atoms with Gasteiger partial charge >= 0.3 is 0 Å². The van der Waals surface area contributed by atoms with Gasteiger partial charge in [-0.05, 0) is 36.5 Å². The van der Waals surface area contributed by atoms with Crippen molar-refractivity contribution in [1.29, 1.82) is 0 Å². The van der Waals surface area contributed by atoms with E-state index in [2.05, 4.69) is 11.2 Å². The van der Waals surface area contributed by atoms with Crippen molar-refractivity contribution in [1.82, 2.24) is 9.38 Å².